The topological polar surface area (TPSA) is 66.4 Å². The molecule has 1 aliphatic rings. The summed E-state index contributed by atoms with van der Waals surface area (Å²) in [6.45, 7) is 4.18. The number of nitrogens with one attached hydrogen (secondary N) is 1. The summed E-state index contributed by atoms with van der Waals surface area (Å²) < 4.78 is 0. The summed E-state index contributed by atoms with van der Waals surface area (Å²) in [5.41, 5.74) is 0. The number of carboxylic acid groups (broad SMARTS) is 1. The molecule has 0 heterocycles. The van der Waals surface area contributed by atoms with Crippen LogP contribution in [-0.2, 0) is 9.59 Å². The zero-order valence-electron chi connectivity index (χ0n) is 9.73. The van der Waals surface area contributed by atoms with Crippen LogP contribution in [0.2, 0.25) is 0 Å². The van der Waals surface area contributed by atoms with Gasteiger partial charge in [0.2, 0.25) is 5.91 Å². The van der Waals surface area contributed by atoms with Gasteiger partial charge < -0.3 is 10.4 Å². The van der Waals surface area contributed by atoms with E-state index in [2.05, 4.69) is 19.2 Å². The zero-order valence-corrected chi connectivity index (χ0v) is 10.5. The molecule has 16 heavy (non-hydrogen) atoms. The first kappa shape index (κ1) is 13.4. The average Bonchev–Trinajstić information content (AvgIpc) is 2.96. The second-order valence-electron chi connectivity index (χ2n) is 4.63. The smallest absolute Gasteiger partial charge is 0.326 e. The van der Waals surface area contributed by atoms with E-state index in [0.29, 0.717) is 11.7 Å². The van der Waals surface area contributed by atoms with Gasteiger partial charge in [0.05, 0.1) is 5.75 Å². The molecule has 1 rings (SSSR count). The number of rotatable bonds is 7. The van der Waals surface area contributed by atoms with Crippen molar-refractivity contribution < 1.29 is 14.7 Å². The fourth-order valence-corrected chi connectivity index (χ4v) is 2.27. The lowest BCUT2D eigenvalue weighted by molar-refractivity contribution is -0.142. The first-order valence-corrected chi connectivity index (χ1v) is 6.76. The van der Waals surface area contributed by atoms with Crippen LogP contribution in [0.3, 0.4) is 0 Å². The largest absolute Gasteiger partial charge is 0.480 e. The van der Waals surface area contributed by atoms with Crippen LogP contribution in [0.4, 0.5) is 0 Å². The molecule has 0 radical (unpaired) electrons. The first-order chi connectivity index (χ1) is 7.50. The molecule has 0 aromatic heterocycles. The van der Waals surface area contributed by atoms with Crippen LogP contribution in [0.5, 0.6) is 0 Å². The number of thioether (sulfide) groups is 1. The molecule has 0 aromatic carbocycles. The summed E-state index contributed by atoms with van der Waals surface area (Å²) >= 11 is 1.55. The van der Waals surface area contributed by atoms with E-state index < -0.39 is 12.0 Å². The van der Waals surface area contributed by atoms with E-state index in [1.165, 1.54) is 0 Å². The highest BCUT2D eigenvalue weighted by Crippen LogP contribution is 2.32. The summed E-state index contributed by atoms with van der Waals surface area (Å²) in [4.78, 5) is 22.4. The van der Waals surface area contributed by atoms with Gasteiger partial charge in [0, 0.05) is 0 Å². The number of hydrogen-bond donors (Lipinski definition) is 2. The van der Waals surface area contributed by atoms with Gasteiger partial charge in [-0.3, -0.25) is 4.79 Å². The fraction of sp³-hybridized carbons (Fsp3) is 0.818. The van der Waals surface area contributed by atoms with Gasteiger partial charge in [-0.25, -0.2) is 4.79 Å². The van der Waals surface area contributed by atoms with Crippen LogP contribution in [-0.4, -0.2) is 34.5 Å². The van der Waals surface area contributed by atoms with Gasteiger partial charge in [0.1, 0.15) is 6.04 Å². The van der Waals surface area contributed by atoms with E-state index in [1.54, 1.807) is 11.8 Å². The molecule has 0 saturated heterocycles. The summed E-state index contributed by atoms with van der Waals surface area (Å²) in [5.74, 6) is 0.909. The van der Waals surface area contributed by atoms with Crippen LogP contribution >= 0.6 is 11.8 Å². The molecule has 1 fully saturated rings. The van der Waals surface area contributed by atoms with Crippen LogP contribution < -0.4 is 5.32 Å². The summed E-state index contributed by atoms with van der Waals surface area (Å²) in [7, 11) is 0. The Balaban J connectivity index is 2.23. The summed E-state index contributed by atoms with van der Waals surface area (Å²) in [6, 6.07) is -0.674. The molecule has 1 atom stereocenters. The minimum Gasteiger partial charge on any atom is -0.480 e. The minimum atomic E-state index is -0.912. The second kappa shape index (κ2) is 6.13. The predicted octanol–water partition coefficient (Wildman–Crippen LogP) is 1.35. The summed E-state index contributed by atoms with van der Waals surface area (Å²) in [6.07, 6.45) is 1.83. The molecule has 5 heteroatoms. The van der Waals surface area contributed by atoms with Gasteiger partial charge in [0.25, 0.3) is 0 Å². The number of aliphatic carboxylic acids is 1. The summed E-state index contributed by atoms with van der Waals surface area (Å²) in [5, 5.41) is 11.5. The van der Waals surface area contributed by atoms with E-state index in [4.69, 9.17) is 5.11 Å². The second-order valence-corrected chi connectivity index (χ2v) is 5.66. The molecule has 1 aliphatic carbocycles. The lowest BCUT2D eigenvalue weighted by Crippen LogP contribution is -2.43. The molecule has 0 aliphatic heterocycles. The van der Waals surface area contributed by atoms with Gasteiger partial charge >= 0.3 is 5.97 Å². The minimum absolute atomic E-state index is 0.150. The van der Waals surface area contributed by atoms with E-state index in [1.807, 2.05) is 0 Å². The molecule has 4 nitrogen and oxygen atoms in total. The highest BCUT2D eigenvalue weighted by atomic mass is 32.2. The van der Waals surface area contributed by atoms with Crippen LogP contribution in [0.25, 0.3) is 0 Å². The van der Waals surface area contributed by atoms with Crippen LogP contribution in [0.1, 0.15) is 26.7 Å². The number of carbonyl (C=O) groups excluding carboxylic acids is 1. The van der Waals surface area contributed by atoms with Gasteiger partial charge in [-0.15, -0.1) is 0 Å². The third-order valence-corrected chi connectivity index (χ3v) is 3.73. The lowest BCUT2D eigenvalue weighted by Gasteiger charge is -2.13. The Kier molecular flexibility index (Phi) is 5.12. The van der Waals surface area contributed by atoms with Gasteiger partial charge in [0.15, 0.2) is 0 Å². The van der Waals surface area contributed by atoms with Crippen molar-refractivity contribution in [1.82, 2.24) is 5.32 Å². The molecule has 92 valence electrons. The van der Waals surface area contributed by atoms with Crippen molar-refractivity contribution in [1.29, 1.82) is 0 Å². The Morgan fingerprint density at radius 3 is 2.50 bits per heavy atom. The Morgan fingerprint density at radius 2 is 2.06 bits per heavy atom. The lowest BCUT2D eigenvalue weighted by atomic mass is 10.2. The SMILES string of the molecule is CC(C)CSCC(=O)NC(C(=O)O)C1CC1. The maximum atomic E-state index is 11.5. The molecule has 1 saturated carbocycles. The van der Waals surface area contributed by atoms with Crippen molar-refractivity contribution in [2.45, 2.75) is 32.7 Å². The fourth-order valence-electron chi connectivity index (χ4n) is 1.41. The molecule has 1 amide bonds. The van der Waals surface area contributed by atoms with E-state index in [0.717, 1.165) is 18.6 Å². The van der Waals surface area contributed by atoms with E-state index in [9.17, 15) is 9.59 Å². The Labute approximate surface area is 100 Å². The molecular weight excluding hydrogens is 226 g/mol. The maximum Gasteiger partial charge on any atom is 0.326 e. The van der Waals surface area contributed by atoms with E-state index >= 15 is 0 Å². The number of carbonyl (C=O) groups is 2. The van der Waals surface area contributed by atoms with Crippen molar-refractivity contribution in [2.75, 3.05) is 11.5 Å². The Hall–Kier alpha value is -0.710. The number of carboxylic acids is 1. The van der Waals surface area contributed by atoms with Gasteiger partial charge in [-0.1, -0.05) is 13.8 Å². The van der Waals surface area contributed by atoms with Crippen molar-refractivity contribution in [3.8, 4) is 0 Å². The first-order valence-electron chi connectivity index (χ1n) is 5.60. The predicted molar refractivity (Wildman–Crippen MR) is 64.5 cm³/mol. The van der Waals surface area contributed by atoms with E-state index in [-0.39, 0.29) is 11.8 Å². The van der Waals surface area contributed by atoms with Crippen molar-refractivity contribution in [3.63, 3.8) is 0 Å². The molecule has 2 N–H and O–H groups in total. The average molecular weight is 245 g/mol. The normalized spacial score (nSPS) is 17.2. The standard InChI is InChI=1S/C11H19NO3S/c1-7(2)5-16-6-9(13)12-10(11(14)15)8-3-4-8/h7-8,10H,3-6H2,1-2H3,(H,12,13)(H,14,15). The van der Waals surface area contributed by atoms with Crippen LogP contribution in [0.15, 0.2) is 0 Å². The zero-order chi connectivity index (χ0) is 12.1. The highest BCUT2D eigenvalue weighted by Gasteiger charge is 2.37. The molecular formula is C11H19NO3S. The molecule has 1 unspecified atom stereocenters. The highest BCUT2D eigenvalue weighted by molar-refractivity contribution is 7.99. The molecule has 0 bridgehead atoms. The Bertz CT molecular complexity index is 264. The van der Waals surface area contributed by atoms with Crippen molar-refractivity contribution in [2.24, 2.45) is 11.8 Å². The molecule has 0 aromatic rings. The maximum absolute atomic E-state index is 11.5. The third-order valence-electron chi connectivity index (χ3n) is 2.36. The van der Waals surface area contributed by atoms with Crippen molar-refractivity contribution >= 4 is 23.6 Å². The number of amides is 1. The van der Waals surface area contributed by atoms with Gasteiger partial charge in [-0.05, 0) is 30.4 Å². The van der Waals surface area contributed by atoms with Crippen molar-refractivity contribution in [3.05, 3.63) is 0 Å². The third kappa shape index (κ3) is 4.88. The Morgan fingerprint density at radius 1 is 1.44 bits per heavy atom. The quantitative estimate of drug-likeness (QED) is 0.710. The number of hydrogen-bond acceptors (Lipinski definition) is 3. The van der Waals surface area contributed by atoms with Crippen LogP contribution in [0, 0.1) is 11.8 Å². The molecule has 0 spiro atoms. The van der Waals surface area contributed by atoms with Gasteiger partial charge in [-0.2, -0.15) is 11.8 Å². The monoisotopic (exact) mass is 245 g/mol.